The maximum absolute atomic E-state index is 2.61. The lowest BCUT2D eigenvalue weighted by molar-refractivity contribution is -0.776. The molecule has 4 aliphatic carbocycles. The summed E-state index contributed by atoms with van der Waals surface area (Å²) in [6.07, 6.45) is 16.5. The zero-order chi connectivity index (χ0) is 13.9. The van der Waals surface area contributed by atoms with Crippen LogP contribution in [-0.2, 0) is 5.54 Å². The van der Waals surface area contributed by atoms with Gasteiger partial charge in [0.2, 0.25) is 0 Å². The molecule has 3 heteroatoms. The van der Waals surface area contributed by atoms with Crippen molar-refractivity contribution in [2.75, 3.05) is 18.0 Å². The number of nitrogens with zero attached hydrogens (tertiary/aromatic N) is 2. The quantitative estimate of drug-likeness (QED) is 0.695. The molecule has 120 valence electrons. The highest BCUT2D eigenvalue weighted by molar-refractivity contribution is 5.44. The Bertz CT molecular complexity index is 498. The van der Waals surface area contributed by atoms with Crippen LogP contribution < -0.4 is 26.4 Å². The van der Waals surface area contributed by atoms with Crippen LogP contribution >= 0.6 is 0 Å². The Balaban J connectivity index is 0.00000125. The second-order valence-corrected chi connectivity index (χ2v) is 8.30. The topological polar surface area (TPSA) is 7.12 Å². The molecule has 0 spiro atoms. The third kappa shape index (κ3) is 2.31. The fraction of sp³-hybridized carbons (Fsp3) is 0.737. The van der Waals surface area contributed by atoms with Crippen molar-refractivity contribution in [2.24, 2.45) is 17.8 Å². The zero-order valence-corrected chi connectivity index (χ0v) is 15.0. The lowest BCUT2D eigenvalue weighted by Gasteiger charge is -2.53. The van der Waals surface area contributed by atoms with Crippen LogP contribution in [-0.4, -0.2) is 13.1 Å². The fourth-order valence-electron chi connectivity index (χ4n) is 6.30. The van der Waals surface area contributed by atoms with E-state index in [1.54, 1.807) is 0 Å². The summed E-state index contributed by atoms with van der Waals surface area (Å²) in [4.78, 5) is 2.55. The van der Waals surface area contributed by atoms with Crippen molar-refractivity contribution in [2.45, 2.75) is 56.9 Å². The van der Waals surface area contributed by atoms with Crippen molar-refractivity contribution in [3.8, 4) is 0 Å². The summed E-state index contributed by atoms with van der Waals surface area (Å²) < 4.78 is 2.61. The maximum atomic E-state index is 2.61. The molecule has 4 saturated carbocycles. The van der Waals surface area contributed by atoms with Crippen LogP contribution in [0.4, 0.5) is 5.69 Å². The van der Waals surface area contributed by atoms with E-state index in [9.17, 15) is 0 Å². The zero-order valence-electron chi connectivity index (χ0n) is 13.4. The minimum absolute atomic E-state index is 0. The van der Waals surface area contributed by atoms with Gasteiger partial charge >= 0.3 is 0 Å². The molecule has 2 heterocycles. The summed E-state index contributed by atoms with van der Waals surface area (Å²) >= 11 is 0. The van der Waals surface area contributed by atoms with Gasteiger partial charge in [-0.25, -0.2) is 0 Å². The highest BCUT2D eigenvalue weighted by atomic mass is 79.9. The van der Waals surface area contributed by atoms with Crippen LogP contribution in [0, 0.1) is 17.8 Å². The summed E-state index contributed by atoms with van der Waals surface area (Å²) in [5, 5.41) is 0. The first-order valence-electron chi connectivity index (χ1n) is 9.07. The first-order valence-corrected chi connectivity index (χ1v) is 9.07. The average molecular weight is 363 g/mol. The minimum atomic E-state index is 0. The standard InChI is InChI=1S/C19H27N2.BrH/c1-2-6-20(5-1)18-3-7-21(8-4-18)19-12-15-9-16(13-19)11-17(10-15)14-19;/h3-4,7-8,15-17H,1-2,5-6,9-14H2;1H/q+1;/p-1. The molecule has 1 aromatic rings. The van der Waals surface area contributed by atoms with Gasteiger partial charge in [-0.3, -0.25) is 0 Å². The molecular weight excluding hydrogens is 336 g/mol. The lowest BCUT2D eigenvalue weighted by Crippen LogP contribution is -3.00. The van der Waals surface area contributed by atoms with Crippen molar-refractivity contribution >= 4 is 5.69 Å². The van der Waals surface area contributed by atoms with E-state index in [-0.39, 0.29) is 17.0 Å². The molecule has 0 N–H and O–H groups in total. The van der Waals surface area contributed by atoms with Gasteiger partial charge in [0.15, 0.2) is 17.9 Å². The molecule has 4 bridgehead atoms. The predicted molar refractivity (Wildman–Crippen MR) is 84.2 cm³/mol. The molecule has 1 saturated heterocycles. The number of rotatable bonds is 2. The van der Waals surface area contributed by atoms with Crippen LogP contribution in [0.25, 0.3) is 0 Å². The molecule has 1 aliphatic heterocycles. The first kappa shape index (κ1) is 15.0. The fourth-order valence-corrected chi connectivity index (χ4v) is 6.30. The second-order valence-electron chi connectivity index (χ2n) is 8.30. The minimum Gasteiger partial charge on any atom is -1.00 e. The highest BCUT2D eigenvalue weighted by Crippen LogP contribution is 2.56. The maximum Gasteiger partial charge on any atom is 0.171 e. The summed E-state index contributed by atoms with van der Waals surface area (Å²) in [6, 6.07) is 4.76. The number of halogens is 1. The van der Waals surface area contributed by atoms with E-state index in [4.69, 9.17) is 0 Å². The Labute approximate surface area is 144 Å². The van der Waals surface area contributed by atoms with Crippen LogP contribution in [0.5, 0.6) is 0 Å². The second kappa shape index (κ2) is 5.51. The van der Waals surface area contributed by atoms with Gasteiger partial charge in [-0.15, -0.1) is 0 Å². The molecule has 0 aromatic carbocycles. The van der Waals surface area contributed by atoms with Gasteiger partial charge < -0.3 is 21.9 Å². The lowest BCUT2D eigenvalue weighted by atomic mass is 9.53. The monoisotopic (exact) mass is 362 g/mol. The van der Waals surface area contributed by atoms with E-state index >= 15 is 0 Å². The van der Waals surface area contributed by atoms with E-state index in [1.807, 2.05) is 0 Å². The SMILES string of the molecule is [Br-].c1c[n+](C23CC4CC(CC(C4)C2)C3)ccc1N1CCCC1. The number of hydrogen-bond acceptors (Lipinski definition) is 1. The number of hydrogen-bond donors (Lipinski definition) is 0. The van der Waals surface area contributed by atoms with Crippen molar-refractivity contribution < 1.29 is 21.5 Å². The van der Waals surface area contributed by atoms with Gasteiger partial charge in [0, 0.05) is 50.2 Å². The number of anilines is 1. The third-order valence-electron chi connectivity index (χ3n) is 6.84. The molecule has 0 radical (unpaired) electrons. The van der Waals surface area contributed by atoms with Crippen LogP contribution in [0.2, 0.25) is 0 Å². The van der Waals surface area contributed by atoms with Crippen LogP contribution in [0.1, 0.15) is 51.4 Å². The van der Waals surface area contributed by atoms with E-state index in [0.717, 1.165) is 17.8 Å². The summed E-state index contributed by atoms with van der Waals surface area (Å²) in [7, 11) is 0. The Morgan fingerprint density at radius 3 is 1.86 bits per heavy atom. The Morgan fingerprint density at radius 2 is 1.36 bits per heavy atom. The molecule has 2 nitrogen and oxygen atoms in total. The van der Waals surface area contributed by atoms with Gasteiger partial charge in [-0.1, -0.05) is 0 Å². The van der Waals surface area contributed by atoms with E-state index in [0.29, 0.717) is 5.54 Å². The summed E-state index contributed by atoms with van der Waals surface area (Å²) in [6.45, 7) is 2.50. The van der Waals surface area contributed by atoms with E-state index < -0.39 is 0 Å². The third-order valence-corrected chi connectivity index (χ3v) is 6.84. The number of aromatic nitrogens is 1. The molecule has 0 unspecified atom stereocenters. The Morgan fingerprint density at radius 1 is 0.864 bits per heavy atom. The normalized spacial score (nSPS) is 39.1. The van der Waals surface area contributed by atoms with Crippen molar-refractivity contribution in [1.29, 1.82) is 0 Å². The molecular formula is C19H27BrN2. The molecule has 22 heavy (non-hydrogen) atoms. The number of pyridine rings is 1. The van der Waals surface area contributed by atoms with Gasteiger partial charge in [0.05, 0.1) is 0 Å². The molecule has 5 fully saturated rings. The summed E-state index contributed by atoms with van der Waals surface area (Å²) in [5.41, 5.74) is 1.92. The van der Waals surface area contributed by atoms with E-state index in [2.05, 4.69) is 34.0 Å². The molecule has 1 aromatic heterocycles. The van der Waals surface area contributed by atoms with Gasteiger partial charge in [0.1, 0.15) is 0 Å². The summed E-state index contributed by atoms with van der Waals surface area (Å²) in [5.74, 6) is 3.09. The van der Waals surface area contributed by atoms with Gasteiger partial charge in [-0.2, -0.15) is 4.57 Å². The van der Waals surface area contributed by atoms with Crippen LogP contribution in [0.3, 0.4) is 0 Å². The highest BCUT2D eigenvalue weighted by Gasteiger charge is 2.56. The molecule has 5 aliphatic rings. The molecule has 0 amide bonds. The van der Waals surface area contributed by atoms with E-state index in [1.165, 1.54) is 70.1 Å². The first-order chi connectivity index (χ1) is 10.3. The molecule has 0 atom stereocenters. The van der Waals surface area contributed by atoms with Crippen molar-refractivity contribution in [1.82, 2.24) is 0 Å². The largest absolute Gasteiger partial charge is 1.00 e. The molecule has 6 rings (SSSR count). The van der Waals surface area contributed by atoms with Gasteiger partial charge in [0.25, 0.3) is 0 Å². The average Bonchev–Trinajstić information content (AvgIpc) is 3.00. The smallest absolute Gasteiger partial charge is 0.171 e. The Hall–Kier alpha value is -0.570. The predicted octanol–water partition coefficient (Wildman–Crippen LogP) is 0.504. The van der Waals surface area contributed by atoms with Gasteiger partial charge in [-0.05, 0) is 49.9 Å². The van der Waals surface area contributed by atoms with Crippen LogP contribution in [0.15, 0.2) is 24.5 Å². The van der Waals surface area contributed by atoms with Crippen molar-refractivity contribution in [3.05, 3.63) is 24.5 Å². The van der Waals surface area contributed by atoms with Crippen molar-refractivity contribution in [3.63, 3.8) is 0 Å². The Kier molecular flexibility index (Phi) is 3.75.